The van der Waals surface area contributed by atoms with E-state index in [2.05, 4.69) is 9.78 Å². The molecule has 164 valence electrons. The van der Waals surface area contributed by atoms with Crippen LogP contribution in [0.15, 0.2) is 54.6 Å². The van der Waals surface area contributed by atoms with Crippen molar-refractivity contribution in [2.75, 3.05) is 0 Å². The topological polar surface area (TPSA) is 110 Å². The fourth-order valence-electron chi connectivity index (χ4n) is 1.78. The zero-order valence-corrected chi connectivity index (χ0v) is 16.7. The maximum absolute atomic E-state index is 10.6. The van der Waals surface area contributed by atoms with Crippen molar-refractivity contribution in [2.45, 2.75) is 41.4 Å². The molecule has 7 nitrogen and oxygen atoms in total. The molecule has 0 bridgehead atoms. The van der Waals surface area contributed by atoms with Crippen molar-refractivity contribution >= 4 is 23.9 Å². The van der Waals surface area contributed by atoms with Crippen LogP contribution in [0.2, 0.25) is 0 Å². The second kappa shape index (κ2) is 18.1. The van der Waals surface area contributed by atoms with E-state index < -0.39 is 0 Å². The summed E-state index contributed by atoms with van der Waals surface area (Å²) in [5.74, 6) is 0.188. The maximum Gasteiger partial charge on any atom is 0.152 e. The Morgan fingerprint density at radius 1 is 0.800 bits per heavy atom. The van der Waals surface area contributed by atoms with Gasteiger partial charge in [0.15, 0.2) is 5.78 Å². The van der Waals surface area contributed by atoms with E-state index in [0.29, 0.717) is 5.56 Å². The molecule has 0 fully saturated rings. The van der Waals surface area contributed by atoms with Crippen LogP contribution in [-0.2, 0) is 32.6 Å². The number of hydrogen-bond acceptors (Lipinski definition) is 7. The molecule has 0 radical (unpaired) electrons. The Kier molecular flexibility index (Phi) is 17.6. The molecule has 0 amide bonds. The maximum atomic E-state index is 10.6. The summed E-state index contributed by atoms with van der Waals surface area (Å²) in [6, 6.07) is 14.1. The predicted molar refractivity (Wildman–Crippen MR) is 116 cm³/mol. The first-order valence-electron chi connectivity index (χ1n) is 8.64. The molecule has 2 aromatic carbocycles. The van der Waals surface area contributed by atoms with E-state index >= 15 is 0 Å². The summed E-state index contributed by atoms with van der Waals surface area (Å²) >= 11 is 0. The first kappa shape index (κ1) is 29.2. The van der Waals surface area contributed by atoms with E-state index in [1.807, 2.05) is 24.3 Å². The molecule has 0 aliphatic carbocycles. The third kappa shape index (κ3) is 16.0. The monoisotopic (exact) mass is 418 g/mol. The summed E-state index contributed by atoms with van der Waals surface area (Å²) in [6.07, 6.45) is 4.02. The molecule has 7 heteroatoms. The van der Waals surface area contributed by atoms with Crippen LogP contribution in [-0.4, -0.2) is 28.4 Å². The largest absolute Gasteiger partial charge is 0.300 e. The molecule has 0 aliphatic heterocycles. The van der Waals surface area contributed by atoms with Gasteiger partial charge >= 0.3 is 0 Å². The highest BCUT2D eigenvalue weighted by Gasteiger charge is 1.93. The smallest absolute Gasteiger partial charge is 0.152 e. The number of benzene rings is 2. The fourth-order valence-corrected chi connectivity index (χ4v) is 1.78. The summed E-state index contributed by atoms with van der Waals surface area (Å²) in [6.45, 7) is 4.89. The zero-order valence-electron chi connectivity index (χ0n) is 16.7. The minimum atomic E-state index is 0. The molecule has 0 unspecified atom stereocenters. The van der Waals surface area contributed by atoms with Crippen molar-refractivity contribution in [3.8, 4) is 0 Å². The van der Waals surface area contributed by atoms with Crippen molar-refractivity contribution in [3.63, 3.8) is 0 Å². The van der Waals surface area contributed by atoms with Crippen LogP contribution in [0.5, 0.6) is 0 Å². The first-order chi connectivity index (χ1) is 13.8. The summed E-state index contributed by atoms with van der Waals surface area (Å²) in [5, 5.41) is 16.3. The van der Waals surface area contributed by atoms with Gasteiger partial charge in [0.25, 0.3) is 0 Å². The Morgan fingerprint density at radius 3 is 1.47 bits per heavy atom. The van der Waals surface area contributed by atoms with Gasteiger partial charge in [-0.25, -0.2) is 9.78 Å². The molecule has 2 N–H and O–H groups in total. The highest BCUT2D eigenvalue weighted by molar-refractivity contribution is 5.91. The SMILES string of the molecule is C.CC(=O)/C=C/c1ccc(COO)cc1.CC(C)=O.O=Cc1ccc(COO)cc1. The average molecular weight is 418 g/mol. The summed E-state index contributed by atoms with van der Waals surface area (Å²) in [7, 11) is 0. The molecule has 2 aromatic rings. The molecular weight excluding hydrogens is 388 g/mol. The van der Waals surface area contributed by atoms with Crippen LogP contribution < -0.4 is 0 Å². The molecule has 0 saturated carbocycles. The molecular formula is C23H30O7. The van der Waals surface area contributed by atoms with Crippen LogP contribution >= 0.6 is 0 Å². The van der Waals surface area contributed by atoms with Gasteiger partial charge in [-0.15, -0.1) is 0 Å². The Hall–Kier alpha value is -2.97. The van der Waals surface area contributed by atoms with Crippen LogP contribution in [0.25, 0.3) is 6.08 Å². The Labute approximate surface area is 177 Å². The quantitative estimate of drug-likeness (QED) is 0.282. The van der Waals surface area contributed by atoms with Gasteiger partial charge < -0.3 is 4.79 Å². The van der Waals surface area contributed by atoms with Crippen LogP contribution in [0.1, 0.15) is 55.2 Å². The lowest BCUT2D eigenvalue weighted by Crippen LogP contribution is -1.87. The number of rotatable bonds is 7. The number of allylic oxidation sites excluding steroid dienone is 1. The van der Waals surface area contributed by atoms with Crippen molar-refractivity contribution < 1.29 is 34.7 Å². The molecule has 0 aromatic heterocycles. The zero-order chi connectivity index (χ0) is 22.1. The minimum Gasteiger partial charge on any atom is -0.300 e. The van der Waals surface area contributed by atoms with Gasteiger partial charge in [0, 0.05) is 5.56 Å². The number of Topliss-reactive ketones (excluding diaryl/α,β-unsaturated/α-hetero) is 1. The number of carbonyl (C=O) groups is 3. The highest BCUT2D eigenvalue weighted by atomic mass is 17.1. The van der Waals surface area contributed by atoms with Gasteiger partial charge in [-0.2, -0.15) is 0 Å². The minimum absolute atomic E-state index is 0. The molecule has 0 spiro atoms. The van der Waals surface area contributed by atoms with E-state index in [1.165, 1.54) is 26.8 Å². The van der Waals surface area contributed by atoms with Gasteiger partial charge in [0.1, 0.15) is 25.3 Å². The average Bonchev–Trinajstić information content (AvgIpc) is 2.69. The Morgan fingerprint density at radius 2 is 1.17 bits per heavy atom. The molecule has 2 rings (SSSR count). The molecule has 0 heterocycles. The molecule has 30 heavy (non-hydrogen) atoms. The second-order valence-electron chi connectivity index (χ2n) is 6.00. The third-order valence-electron chi connectivity index (χ3n) is 3.07. The predicted octanol–water partition coefficient (Wildman–Crippen LogP) is 5.00. The standard InChI is InChI=1S/C11H12O3.C8H8O3.C3H6O.CH4/c1-9(12)2-3-10-4-6-11(7-5-10)8-14-13;9-5-7-1-3-8(4-2-7)6-11-10;1-3(2)4;/h2-7,13H,8H2,1H3;1-5,10H,6H2;1-2H3;1H4/b3-2+;;;. The molecule has 0 atom stereocenters. The number of carbonyl (C=O) groups excluding carboxylic acids is 3. The van der Waals surface area contributed by atoms with Gasteiger partial charge in [-0.1, -0.05) is 62.0 Å². The van der Waals surface area contributed by atoms with Gasteiger partial charge in [-0.3, -0.25) is 20.1 Å². The van der Waals surface area contributed by atoms with Crippen molar-refractivity contribution in [2.24, 2.45) is 0 Å². The lowest BCUT2D eigenvalue weighted by atomic mass is 10.1. The van der Waals surface area contributed by atoms with Crippen LogP contribution in [0.4, 0.5) is 0 Å². The molecule has 0 aliphatic rings. The van der Waals surface area contributed by atoms with Crippen LogP contribution in [0.3, 0.4) is 0 Å². The van der Waals surface area contributed by atoms with Crippen LogP contribution in [0, 0.1) is 0 Å². The number of aldehydes is 1. The normalized spacial score (nSPS) is 9.37. The van der Waals surface area contributed by atoms with Gasteiger partial charge in [-0.05, 0) is 43.5 Å². The van der Waals surface area contributed by atoms with E-state index in [1.54, 1.807) is 30.3 Å². The van der Waals surface area contributed by atoms with E-state index in [0.717, 1.165) is 23.0 Å². The highest BCUT2D eigenvalue weighted by Crippen LogP contribution is 2.07. The Bertz CT molecular complexity index is 759. The third-order valence-corrected chi connectivity index (χ3v) is 3.07. The molecule has 0 saturated heterocycles. The van der Waals surface area contributed by atoms with Gasteiger partial charge in [0.2, 0.25) is 0 Å². The number of hydrogen-bond donors (Lipinski definition) is 2. The summed E-state index contributed by atoms with van der Waals surface area (Å²) in [4.78, 5) is 38.2. The summed E-state index contributed by atoms with van der Waals surface area (Å²) in [5.41, 5.74) is 3.28. The van der Waals surface area contributed by atoms with Gasteiger partial charge in [0.05, 0.1) is 0 Å². The van der Waals surface area contributed by atoms with Crippen molar-refractivity contribution in [1.29, 1.82) is 0 Å². The fraction of sp³-hybridized carbons (Fsp3) is 0.261. The van der Waals surface area contributed by atoms with E-state index in [-0.39, 0.29) is 32.2 Å². The van der Waals surface area contributed by atoms with Crippen molar-refractivity contribution in [1.82, 2.24) is 0 Å². The lowest BCUT2D eigenvalue weighted by Gasteiger charge is -1.98. The van der Waals surface area contributed by atoms with E-state index in [4.69, 9.17) is 10.5 Å². The Balaban J connectivity index is 0. The lowest BCUT2D eigenvalue weighted by molar-refractivity contribution is -0.253. The second-order valence-corrected chi connectivity index (χ2v) is 6.00. The first-order valence-corrected chi connectivity index (χ1v) is 8.64. The van der Waals surface area contributed by atoms with Crippen molar-refractivity contribution in [3.05, 3.63) is 76.9 Å². The van der Waals surface area contributed by atoms with E-state index in [9.17, 15) is 14.4 Å². The summed E-state index contributed by atoms with van der Waals surface area (Å²) < 4.78 is 0. The number of ketones is 2.